The molecule has 1 heterocycles. The maximum Gasteiger partial charge on any atom is 0.433 e. The minimum absolute atomic E-state index is 0.0890. The van der Waals surface area contributed by atoms with E-state index in [0.717, 1.165) is 0 Å². The molecule has 4 nitrogen and oxygen atoms in total. The van der Waals surface area contributed by atoms with E-state index in [9.17, 15) is 52.7 Å². The normalized spacial score (nSPS) is 14.0. The Morgan fingerprint density at radius 2 is 1.45 bits per heavy atom. The highest BCUT2D eigenvalue weighted by atomic mass is 19.4. The highest BCUT2D eigenvalue weighted by Crippen LogP contribution is 2.40. The Bertz CT molecular complexity index is 1060. The summed E-state index contributed by atoms with van der Waals surface area (Å²) in [6.45, 7) is -1.31. The van der Waals surface area contributed by atoms with Crippen LogP contribution in [0.4, 0.5) is 58.4 Å². The Kier molecular flexibility index (Phi) is 7.00. The van der Waals surface area contributed by atoms with Gasteiger partial charge in [-0.2, -0.15) is 52.7 Å². The molecule has 1 aromatic carbocycles. The quantitative estimate of drug-likeness (QED) is 0.473. The van der Waals surface area contributed by atoms with E-state index in [0.29, 0.717) is 4.57 Å². The summed E-state index contributed by atoms with van der Waals surface area (Å²) in [5.41, 5.74) is -7.91. The van der Waals surface area contributed by atoms with Crippen LogP contribution in [-0.2, 0) is 25.1 Å². The van der Waals surface area contributed by atoms with Crippen LogP contribution in [0.1, 0.15) is 23.7 Å². The van der Waals surface area contributed by atoms with Crippen LogP contribution < -0.4 is 10.4 Å². The monoisotopic (exact) mass is 501 g/mol. The average Bonchev–Trinajstić information content (AvgIpc) is 2.63. The minimum atomic E-state index is -5.41. The van der Waals surface area contributed by atoms with E-state index in [-0.39, 0.29) is 24.3 Å². The number of aromatic nitrogens is 2. The molecule has 0 spiro atoms. The van der Waals surface area contributed by atoms with Crippen LogP contribution in [-0.4, -0.2) is 22.3 Å². The Labute approximate surface area is 176 Å². The lowest BCUT2D eigenvalue weighted by Crippen LogP contribution is -2.30. The third kappa shape index (κ3) is 6.77. The topological polar surface area (TPSA) is 39.4 Å². The van der Waals surface area contributed by atoms with Crippen LogP contribution in [0.25, 0.3) is 0 Å². The second-order valence-electron chi connectivity index (χ2n) is 6.26. The molecular formula is C17H11F12N3O. The van der Waals surface area contributed by atoms with Crippen molar-refractivity contribution in [1.29, 1.82) is 0 Å². The first-order valence-corrected chi connectivity index (χ1v) is 8.54. The molecule has 0 aliphatic rings. The summed E-state index contributed by atoms with van der Waals surface area (Å²) in [5.74, 6) is -1.07. The van der Waals surface area contributed by atoms with Gasteiger partial charge < -0.3 is 4.74 Å². The summed E-state index contributed by atoms with van der Waals surface area (Å²) in [7, 11) is 0. The van der Waals surface area contributed by atoms with Gasteiger partial charge in [0.2, 0.25) is 5.62 Å². The lowest BCUT2D eigenvalue weighted by atomic mass is 10.1. The van der Waals surface area contributed by atoms with Crippen molar-refractivity contribution in [2.24, 2.45) is 4.99 Å². The molecule has 0 aliphatic carbocycles. The molecule has 0 aliphatic heterocycles. The van der Waals surface area contributed by atoms with E-state index in [1.54, 1.807) is 0 Å². The first-order valence-electron chi connectivity index (χ1n) is 8.54. The maximum atomic E-state index is 13.3. The Hall–Kier alpha value is -2.94. The van der Waals surface area contributed by atoms with Gasteiger partial charge in [0, 0.05) is 12.6 Å². The zero-order valence-electron chi connectivity index (χ0n) is 16.0. The summed E-state index contributed by atoms with van der Waals surface area (Å²) in [6.07, 6.45) is -20.8. The first kappa shape index (κ1) is 26.3. The number of alkyl halides is 12. The van der Waals surface area contributed by atoms with Gasteiger partial charge in [0.25, 0.3) is 0 Å². The highest BCUT2D eigenvalue weighted by molar-refractivity contribution is 5.50. The van der Waals surface area contributed by atoms with Crippen LogP contribution in [0, 0.1) is 0 Å². The Morgan fingerprint density at radius 3 is 1.91 bits per heavy atom. The van der Waals surface area contributed by atoms with Crippen molar-refractivity contribution in [3.63, 3.8) is 0 Å². The molecule has 0 amide bonds. The molecule has 33 heavy (non-hydrogen) atoms. The molecule has 2 rings (SSSR count). The summed E-state index contributed by atoms with van der Waals surface area (Å²) < 4.78 is 160. The van der Waals surface area contributed by atoms with Crippen molar-refractivity contribution in [1.82, 2.24) is 9.55 Å². The number of benzene rings is 1. The van der Waals surface area contributed by atoms with Gasteiger partial charge in [-0.25, -0.2) is 9.98 Å². The van der Waals surface area contributed by atoms with Crippen molar-refractivity contribution in [2.45, 2.75) is 38.2 Å². The zero-order chi connectivity index (χ0) is 25.4. The van der Waals surface area contributed by atoms with Gasteiger partial charge in [0.15, 0.2) is 18.2 Å². The molecule has 0 saturated heterocycles. The summed E-state index contributed by atoms with van der Waals surface area (Å²) in [4.78, 5) is 6.31. The lowest BCUT2D eigenvalue weighted by Gasteiger charge is -2.17. The lowest BCUT2D eigenvalue weighted by molar-refractivity contribution is -0.155. The van der Waals surface area contributed by atoms with E-state index in [1.807, 2.05) is 0 Å². The molecule has 0 atom stereocenters. The van der Waals surface area contributed by atoms with E-state index in [2.05, 4.69) is 14.7 Å². The second-order valence-corrected chi connectivity index (χ2v) is 6.26. The molecule has 0 N–H and O–H groups in total. The van der Waals surface area contributed by atoms with Crippen LogP contribution >= 0.6 is 0 Å². The molecule has 2 aromatic rings. The molecule has 0 unspecified atom stereocenters. The number of hydrogen-bond acceptors (Lipinski definition) is 3. The molecular weight excluding hydrogens is 490 g/mol. The van der Waals surface area contributed by atoms with Gasteiger partial charge in [0.1, 0.15) is 0 Å². The SMILES string of the molecule is CCn1c(OCC(F)(F)F)cc(C(F)(F)F)nc1=Nc1ccc(C(F)(F)F)cc1C(F)(F)F. The van der Waals surface area contributed by atoms with Gasteiger partial charge in [-0.1, -0.05) is 0 Å². The number of nitrogens with zero attached hydrogens (tertiary/aromatic N) is 3. The van der Waals surface area contributed by atoms with Crippen molar-refractivity contribution in [3.8, 4) is 5.88 Å². The third-order valence-corrected chi connectivity index (χ3v) is 3.83. The van der Waals surface area contributed by atoms with Gasteiger partial charge in [0.05, 0.1) is 16.8 Å². The summed E-state index contributed by atoms with van der Waals surface area (Å²) in [6, 6.07) is 0.248. The molecule has 184 valence electrons. The molecule has 16 heteroatoms. The zero-order valence-corrected chi connectivity index (χ0v) is 16.0. The van der Waals surface area contributed by atoms with Crippen LogP contribution in [0.5, 0.6) is 5.88 Å². The Morgan fingerprint density at radius 1 is 0.848 bits per heavy atom. The van der Waals surface area contributed by atoms with Crippen LogP contribution in [0.3, 0.4) is 0 Å². The van der Waals surface area contributed by atoms with Crippen molar-refractivity contribution in [3.05, 3.63) is 46.7 Å². The molecule has 0 radical (unpaired) electrons. The van der Waals surface area contributed by atoms with Crippen molar-refractivity contribution >= 4 is 5.69 Å². The predicted molar refractivity (Wildman–Crippen MR) is 86.1 cm³/mol. The van der Waals surface area contributed by atoms with Crippen LogP contribution in [0.2, 0.25) is 0 Å². The van der Waals surface area contributed by atoms with Crippen molar-refractivity contribution < 1.29 is 57.4 Å². The minimum Gasteiger partial charge on any atom is -0.469 e. The summed E-state index contributed by atoms with van der Waals surface area (Å²) in [5, 5.41) is 0. The van der Waals surface area contributed by atoms with E-state index < -0.39 is 71.9 Å². The van der Waals surface area contributed by atoms with E-state index in [1.165, 1.54) is 6.92 Å². The molecule has 0 saturated carbocycles. The predicted octanol–water partition coefficient (Wildman–Crippen LogP) is 6.13. The standard InChI is InChI=1S/C17H11F12N3O/c1-2-32-12(33-7-14(18,19)20)6-11(17(27,28)29)31-13(32)30-10-4-3-8(15(21,22)23)5-9(10)16(24,25)26/h3-6H,2,7H2,1H3. The van der Waals surface area contributed by atoms with Crippen LogP contribution in [0.15, 0.2) is 29.3 Å². The molecule has 0 bridgehead atoms. The van der Waals surface area contributed by atoms with Gasteiger partial charge in [-0.3, -0.25) is 4.57 Å². The first-order chi connectivity index (χ1) is 14.8. The van der Waals surface area contributed by atoms with Gasteiger partial charge >= 0.3 is 24.7 Å². The van der Waals surface area contributed by atoms with E-state index in [4.69, 9.17) is 0 Å². The number of ether oxygens (including phenoxy) is 1. The number of rotatable bonds is 4. The second kappa shape index (κ2) is 8.78. The number of hydrogen-bond donors (Lipinski definition) is 0. The molecule has 0 fully saturated rings. The average molecular weight is 501 g/mol. The maximum absolute atomic E-state index is 13.3. The Balaban J connectivity index is 2.83. The largest absolute Gasteiger partial charge is 0.469 e. The highest BCUT2D eigenvalue weighted by Gasteiger charge is 2.39. The van der Waals surface area contributed by atoms with Crippen molar-refractivity contribution in [2.75, 3.05) is 6.61 Å². The summed E-state index contributed by atoms with van der Waals surface area (Å²) >= 11 is 0. The van der Waals surface area contributed by atoms with E-state index >= 15 is 0 Å². The fourth-order valence-corrected chi connectivity index (χ4v) is 2.44. The van der Waals surface area contributed by atoms with Gasteiger partial charge in [-0.15, -0.1) is 0 Å². The number of halogens is 12. The fraction of sp³-hybridized carbons (Fsp3) is 0.412. The third-order valence-electron chi connectivity index (χ3n) is 3.83. The molecule has 1 aromatic heterocycles. The fourth-order valence-electron chi connectivity index (χ4n) is 2.44. The van der Waals surface area contributed by atoms with Gasteiger partial charge in [-0.05, 0) is 25.1 Å². The smallest absolute Gasteiger partial charge is 0.433 e.